The van der Waals surface area contributed by atoms with Gasteiger partial charge in [-0.05, 0) is 43.2 Å². The van der Waals surface area contributed by atoms with Gasteiger partial charge in [0, 0.05) is 18.7 Å². The molecule has 1 saturated heterocycles. The van der Waals surface area contributed by atoms with E-state index in [0.29, 0.717) is 13.1 Å². The molecule has 0 aromatic heterocycles. The molecule has 1 heterocycles. The van der Waals surface area contributed by atoms with E-state index in [1.54, 1.807) is 18.2 Å². The van der Waals surface area contributed by atoms with Crippen molar-refractivity contribution in [2.45, 2.75) is 24.2 Å². The van der Waals surface area contributed by atoms with Crippen LogP contribution < -0.4 is 5.32 Å². The summed E-state index contributed by atoms with van der Waals surface area (Å²) in [6.45, 7) is 0.0835. The second-order valence-electron chi connectivity index (χ2n) is 6.93. The van der Waals surface area contributed by atoms with Gasteiger partial charge in [0.2, 0.25) is 10.0 Å². The van der Waals surface area contributed by atoms with E-state index in [9.17, 15) is 22.8 Å². The van der Waals surface area contributed by atoms with E-state index in [0.717, 1.165) is 25.3 Å². The second-order valence-corrected chi connectivity index (χ2v) is 9.24. The van der Waals surface area contributed by atoms with Gasteiger partial charge in [0.05, 0.1) is 10.6 Å². The van der Waals surface area contributed by atoms with Crippen molar-refractivity contribution < 1.29 is 27.5 Å². The van der Waals surface area contributed by atoms with E-state index < -0.39 is 34.4 Å². The number of carbonyl (C=O) groups excluding carboxylic acids is 3. The van der Waals surface area contributed by atoms with E-state index in [2.05, 4.69) is 5.32 Å². The minimum atomic E-state index is -3.86. The zero-order valence-corrected chi connectivity index (χ0v) is 18.1. The number of esters is 1. The SMILES string of the molecule is O=C(COC(=O)c1ccc(Cl)c(S(=O)(=O)N2CCCCC2)c1)NC(=O)c1ccccc1. The highest BCUT2D eigenvalue weighted by Crippen LogP contribution is 2.28. The zero-order chi connectivity index (χ0) is 22.4. The molecule has 2 amide bonds. The van der Waals surface area contributed by atoms with Crippen molar-refractivity contribution in [3.8, 4) is 0 Å². The number of carbonyl (C=O) groups is 3. The summed E-state index contributed by atoms with van der Waals surface area (Å²) >= 11 is 6.09. The Morgan fingerprint density at radius 2 is 1.65 bits per heavy atom. The lowest BCUT2D eigenvalue weighted by atomic mass is 10.2. The van der Waals surface area contributed by atoms with Gasteiger partial charge < -0.3 is 4.74 Å². The predicted molar refractivity (Wildman–Crippen MR) is 113 cm³/mol. The molecular weight excluding hydrogens is 444 g/mol. The highest BCUT2D eigenvalue weighted by molar-refractivity contribution is 7.89. The number of nitrogens with one attached hydrogen (secondary N) is 1. The first kappa shape index (κ1) is 22.9. The predicted octanol–water partition coefficient (Wildman–Crippen LogP) is 2.63. The number of rotatable bonds is 6. The number of nitrogens with zero attached hydrogens (tertiary/aromatic N) is 1. The van der Waals surface area contributed by atoms with Gasteiger partial charge in [-0.2, -0.15) is 4.31 Å². The molecule has 1 N–H and O–H groups in total. The molecule has 2 aromatic carbocycles. The summed E-state index contributed by atoms with van der Waals surface area (Å²) < 4.78 is 32.1. The van der Waals surface area contributed by atoms with Crippen molar-refractivity contribution in [2.75, 3.05) is 19.7 Å². The number of benzene rings is 2. The lowest BCUT2D eigenvalue weighted by molar-refractivity contribution is -0.123. The largest absolute Gasteiger partial charge is 0.452 e. The van der Waals surface area contributed by atoms with E-state index >= 15 is 0 Å². The average Bonchev–Trinajstić information content (AvgIpc) is 2.78. The van der Waals surface area contributed by atoms with Gasteiger partial charge in [0.1, 0.15) is 4.90 Å². The first-order valence-electron chi connectivity index (χ1n) is 9.65. The van der Waals surface area contributed by atoms with Gasteiger partial charge in [0.15, 0.2) is 6.61 Å². The monoisotopic (exact) mass is 464 g/mol. The van der Waals surface area contributed by atoms with Crippen LogP contribution >= 0.6 is 11.6 Å². The Labute approximate surface area is 185 Å². The molecule has 0 atom stereocenters. The van der Waals surface area contributed by atoms with Crippen molar-refractivity contribution in [3.63, 3.8) is 0 Å². The minimum Gasteiger partial charge on any atom is -0.452 e. The summed E-state index contributed by atoms with van der Waals surface area (Å²) in [7, 11) is -3.86. The molecule has 10 heteroatoms. The van der Waals surface area contributed by atoms with Crippen LogP contribution in [0, 0.1) is 0 Å². The molecule has 0 unspecified atom stereocenters. The van der Waals surface area contributed by atoms with E-state index in [1.165, 1.54) is 28.6 Å². The van der Waals surface area contributed by atoms with Crippen LogP contribution in [0.4, 0.5) is 0 Å². The van der Waals surface area contributed by atoms with Gasteiger partial charge >= 0.3 is 5.97 Å². The third-order valence-electron chi connectivity index (χ3n) is 4.72. The summed E-state index contributed by atoms with van der Waals surface area (Å²) in [6, 6.07) is 11.8. The number of amides is 2. The quantitative estimate of drug-likeness (QED) is 0.658. The fourth-order valence-electron chi connectivity index (χ4n) is 3.11. The minimum absolute atomic E-state index is 0.00618. The second kappa shape index (κ2) is 10.0. The average molecular weight is 465 g/mol. The van der Waals surface area contributed by atoms with Crippen LogP contribution in [0.2, 0.25) is 5.02 Å². The number of ether oxygens (including phenoxy) is 1. The molecule has 8 nitrogen and oxygen atoms in total. The third kappa shape index (κ3) is 5.69. The first-order chi connectivity index (χ1) is 14.8. The maximum atomic E-state index is 12.9. The van der Waals surface area contributed by atoms with Crippen molar-refractivity contribution in [1.82, 2.24) is 9.62 Å². The molecule has 1 fully saturated rings. The Morgan fingerprint density at radius 3 is 2.32 bits per heavy atom. The van der Waals surface area contributed by atoms with Crippen molar-refractivity contribution in [2.24, 2.45) is 0 Å². The molecule has 31 heavy (non-hydrogen) atoms. The Morgan fingerprint density at radius 1 is 0.968 bits per heavy atom. The third-order valence-corrected chi connectivity index (χ3v) is 7.10. The van der Waals surface area contributed by atoms with Gasteiger partial charge in [-0.15, -0.1) is 0 Å². The molecule has 0 bridgehead atoms. The fraction of sp³-hybridized carbons (Fsp3) is 0.286. The van der Waals surface area contributed by atoms with Crippen LogP contribution in [0.5, 0.6) is 0 Å². The summed E-state index contributed by atoms with van der Waals surface area (Å²) in [5.41, 5.74) is 0.217. The van der Waals surface area contributed by atoms with Crippen LogP contribution in [-0.2, 0) is 19.6 Å². The molecule has 1 aliphatic rings. The van der Waals surface area contributed by atoms with Gasteiger partial charge in [-0.25, -0.2) is 13.2 Å². The molecule has 164 valence electrons. The summed E-state index contributed by atoms with van der Waals surface area (Å²) in [6.07, 6.45) is 2.48. The normalized spacial score (nSPS) is 14.6. The van der Waals surface area contributed by atoms with Crippen molar-refractivity contribution in [1.29, 1.82) is 0 Å². The molecule has 0 spiro atoms. The topological polar surface area (TPSA) is 110 Å². The highest BCUT2D eigenvalue weighted by Gasteiger charge is 2.29. The van der Waals surface area contributed by atoms with Crippen LogP contribution in [0.25, 0.3) is 0 Å². The number of hydrogen-bond donors (Lipinski definition) is 1. The smallest absolute Gasteiger partial charge is 0.338 e. The maximum Gasteiger partial charge on any atom is 0.338 e. The standard InChI is InChI=1S/C21H21ClN2O6S/c22-17-10-9-16(13-18(17)31(28,29)24-11-5-2-6-12-24)21(27)30-14-19(25)23-20(26)15-7-3-1-4-8-15/h1,3-4,7-10,13H,2,5-6,11-12,14H2,(H,23,25,26). The Balaban J connectivity index is 1.65. The molecule has 0 saturated carbocycles. The van der Waals surface area contributed by atoms with Crippen LogP contribution in [-0.4, -0.2) is 50.2 Å². The zero-order valence-electron chi connectivity index (χ0n) is 16.5. The molecule has 0 radical (unpaired) electrons. The van der Waals surface area contributed by atoms with E-state index in [4.69, 9.17) is 16.3 Å². The highest BCUT2D eigenvalue weighted by atomic mass is 35.5. The Hall–Kier alpha value is -2.75. The van der Waals surface area contributed by atoms with Gasteiger partial charge in [-0.3, -0.25) is 14.9 Å². The Kier molecular flexibility index (Phi) is 7.42. The number of imide groups is 1. The van der Waals surface area contributed by atoms with Crippen molar-refractivity contribution in [3.05, 3.63) is 64.7 Å². The number of hydrogen-bond acceptors (Lipinski definition) is 6. The molecule has 3 rings (SSSR count). The maximum absolute atomic E-state index is 12.9. The van der Waals surface area contributed by atoms with E-state index in [-0.39, 0.29) is 21.0 Å². The van der Waals surface area contributed by atoms with Crippen LogP contribution in [0.15, 0.2) is 53.4 Å². The fourth-order valence-corrected chi connectivity index (χ4v) is 5.13. The molecule has 0 aliphatic carbocycles. The number of sulfonamides is 1. The summed E-state index contributed by atoms with van der Waals surface area (Å²) in [4.78, 5) is 36.0. The van der Waals surface area contributed by atoms with Crippen LogP contribution in [0.1, 0.15) is 40.0 Å². The Bertz CT molecular complexity index is 1080. The molecule has 2 aromatic rings. The van der Waals surface area contributed by atoms with E-state index in [1.807, 2.05) is 0 Å². The lowest BCUT2D eigenvalue weighted by Crippen LogP contribution is -2.36. The molecular formula is C21H21ClN2O6S. The number of piperidine rings is 1. The first-order valence-corrected chi connectivity index (χ1v) is 11.5. The lowest BCUT2D eigenvalue weighted by Gasteiger charge is -2.26. The van der Waals surface area contributed by atoms with Gasteiger partial charge in [0.25, 0.3) is 11.8 Å². The van der Waals surface area contributed by atoms with Crippen molar-refractivity contribution >= 4 is 39.4 Å². The summed E-state index contributed by atoms with van der Waals surface area (Å²) in [5, 5.41) is 2.11. The molecule has 1 aliphatic heterocycles. The summed E-state index contributed by atoms with van der Waals surface area (Å²) in [5.74, 6) is -2.34. The number of halogens is 1. The van der Waals surface area contributed by atoms with Crippen LogP contribution in [0.3, 0.4) is 0 Å². The van der Waals surface area contributed by atoms with Gasteiger partial charge in [-0.1, -0.05) is 36.2 Å².